The summed E-state index contributed by atoms with van der Waals surface area (Å²) in [6.07, 6.45) is -3.47. The van der Waals surface area contributed by atoms with E-state index in [-0.39, 0.29) is 11.3 Å². The van der Waals surface area contributed by atoms with E-state index in [1.54, 1.807) is 0 Å². The Balaban J connectivity index is 3.00. The molecule has 0 amide bonds. The highest BCUT2D eigenvalue weighted by Crippen LogP contribution is 2.30. The number of benzene rings is 1. The second-order valence-electron chi connectivity index (χ2n) is 3.82. The van der Waals surface area contributed by atoms with Crippen LogP contribution in [0.3, 0.4) is 0 Å². The van der Waals surface area contributed by atoms with Crippen LogP contribution in [0.15, 0.2) is 24.3 Å². The number of halogens is 3. The van der Waals surface area contributed by atoms with E-state index >= 15 is 0 Å². The smallest absolute Gasteiger partial charge is 0.323 e. The molecule has 1 atom stereocenters. The Morgan fingerprint density at radius 3 is 2.41 bits per heavy atom. The topological polar surface area (TPSA) is 60.2 Å². The van der Waals surface area contributed by atoms with Crippen molar-refractivity contribution >= 4 is 9.84 Å². The summed E-state index contributed by atoms with van der Waals surface area (Å²) >= 11 is 0. The summed E-state index contributed by atoms with van der Waals surface area (Å²) in [5.41, 5.74) is 4.87. The fourth-order valence-electron chi connectivity index (χ4n) is 1.37. The molecule has 2 N–H and O–H groups in total. The van der Waals surface area contributed by atoms with E-state index in [1.165, 1.54) is 12.1 Å². The Hall–Kier alpha value is -1.08. The second kappa shape index (κ2) is 4.66. The molecule has 0 radical (unpaired) electrons. The first-order valence-corrected chi connectivity index (χ1v) is 6.76. The van der Waals surface area contributed by atoms with Crippen molar-refractivity contribution in [2.24, 2.45) is 5.73 Å². The number of alkyl halides is 3. The van der Waals surface area contributed by atoms with Gasteiger partial charge in [0, 0.05) is 12.3 Å². The van der Waals surface area contributed by atoms with Gasteiger partial charge in [-0.2, -0.15) is 13.2 Å². The van der Waals surface area contributed by atoms with Crippen molar-refractivity contribution in [2.75, 3.05) is 12.0 Å². The zero-order chi connectivity index (χ0) is 13.3. The summed E-state index contributed by atoms with van der Waals surface area (Å²) in [6, 6.07) is 3.42. The molecule has 7 heteroatoms. The molecule has 17 heavy (non-hydrogen) atoms. The first kappa shape index (κ1) is 14.0. The molecule has 1 aromatic carbocycles. The predicted molar refractivity (Wildman–Crippen MR) is 58.1 cm³/mol. The van der Waals surface area contributed by atoms with Crippen molar-refractivity contribution in [3.63, 3.8) is 0 Å². The van der Waals surface area contributed by atoms with Gasteiger partial charge in [-0.15, -0.1) is 0 Å². The maximum absolute atomic E-state index is 12.4. The minimum Gasteiger partial charge on any atom is -0.323 e. The molecule has 0 aliphatic carbocycles. The van der Waals surface area contributed by atoms with Crippen LogP contribution in [0, 0.1) is 0 Å². The molecule has 0 spiro atoms. The summed E-state index contributed by atoms with van der Waals surface area (Å²) in [5.74, 6) is -0.381. The summed E-state index contributed by atoms with van der Waals surface area (Å²) in [4.78, 5) is 0. The number of rotatable bonds is 3. The van der Waals surface area contributed by atoms with Crippen molar-refractivity contribution in [3.05, 3.63) is 35.4 Å². The van der Waals surface area contributed by atoms with Gasteiger partial charge in [-0.25, -0.2) is 8.42 Å². The molecular weight excluding hydrogens is 255 g/mol. The molecule has 0 aromatic heterocycles. The fourth-order valence-corrected chi connectivity index (χ4v) is 2.21. The van der Waals surface area contributed by atoms with E-state index in [4.69, 9.17) is 5.73 Å². The fraction of sp³-hybridized carbons (Fsp3) is 0.400. The molecule has 1 rings (SSSR count). The standard InChI is InChI=1S/C10H12F3NO2S/c1-17(15,16)6-9(14)7-3-2-4-8(5-7)10(11,12)13/h2-5,9H,6,14H2,1H3/t9-/m1/s1. The third-order valence-electron chi connectivity index (χ3n) is 2.12. The molecule has 3 nitrogen and oxygen atoms in total. The highest BCUT2D eigenvalue weighted by atomic mass is 32.2. The Kier molecular flexibility index (Phi) is 3.83. The lowest BCUT2D eigenvalue weighted by Gasteiger charge is -2.13. The molecule has 0 aliphatic heterocycles. The number of hydrogen-bond donors (Lipinski definition) is 1. The van der Waals surface area contributed by atoms with E-state index < -0.39 is 27.6 Å². The first-order valence-electron chi connectivity index (χ1n) is 4.70. The van der Waals surface area contributed by atoms with Crippen LogP contribution in [0.5, 0.6) is 0 Å². The zero-order valence-electron chi connectivity index (χ0n) is 9.03. The monoisotopic (exact) mass is 267 g/mol. The van der Waals surface area contributed by atoms with Gasteiger partial charge in [0.05, 0.1) is 11.3 Å². The molecule has 0 heterocycles. The normalized spacial score (nSPS) is 14.6. The van der Waals surface area contributed by atoms with Crippen LogP contribution in [0.2, 0.25) is 0 Å². The summed E-state index contributed by atoms with van der Waals surface area (Å²) in [5, 5.41) is 0. The number of sulfone groups is 1. The van der Waals surface area contributed by atoms with Crippen LogP contribution in [0.1, 0.15) is 17.2 Å². The van der Waals surface area contributed by atoms with E-state index in [0.717, 1.165) is 18.4 Å². The van der Waals surface area contributed by atoms with Crippen molar-refractivity contribution in [2.45, 2.75) is 12.2 Å². The van der Waals surface area contributed by atoms with Crippen LogP contribution in [0.25, 0.3) is 0 Å². The molecule has 0 unspecified atom stereocenters. The lowest BCUT2D eigenvalue weighted by Crippen LogP contribution is -2.21. The summed E-state index contributed by atoms with van der Waals surface area (Å²) in [7, 11) is -3.33. The van der Waals surface area contributed by atoms with Gasteiger partial charge >= 0.3 is 6.18 Å². The number of nitrogens with two attached hydrogens (primary N) is 1. The highest BCUT2D eigenvalue weighted by molar-refractivity contribution is 7.90. The zero-order valence-corrected chi connectivity index (χ0v) is 9.85. The maximum Gasteiger partial charge on any atom is 0.416 e. The van der Waals surface area contributed by atoms with Gasteiger partial charge in [0.25, 0.3) is 0 Å². The molecule has 0 saturated heterocycles. The largest absolute Gasteiger partial charge is 0.416 e. The van der Waals surface area contributed by atoms with Gasteiger partial charge in [0.2, 0.25) is 0 Å². The third-order valence-corrected chi connectivity index (χ3v) is 3.09. The Morgan fingerprint density at radius 1 is 1.35 bits per heavy atom. The average Bonchev–Trinajstić information content (AvgIpc) is 2.14. The molecule has 0 fully saturated rings. The van der Waals surface area contributed by atoms with Crippen LogP contribution >= 0.6 is 0 Å². The molecule has 96 valence electrons. The van der Waals surface area contributed by atoms with Gasteiger partial charge in [-0.1, -0.05) is 12.1 Å². The summed E-state index contributed by atoms with van der Waals surface area (Å²) < 4.78 is 59.2. The van der Waals surface area contributed by atoms with E-state index in [0.29, 0.717) is 0 Å². The maximum atomic E-state index is 12.4. The minimum absolute atomic E-state index is 0.158. The Bertz CT molecular complexity index is 497. The van der Waals surface area contributed by atoms with Gasteiger partial charge in [-0.05, 0) is 17.7 Å². The Morgan fingerprint density at radius 2 is 1.94 bits per heavy atom. The van der Waals surface area contributed by atoms with Crippen LogP contribution < -0.4 is 5.73 Å². The van der Waals surface area contributed by atoms with Gasteiger partial charge < -0.3 is 5.73 Å². The molecule has 0 bridgehead atoms. The van der Waals surface area contributed by atoms with Crippen molar-refractivity contribution in [1.29, 1.82) is 0 Å². The van der Waals surface area contributed by atoms with E-state index in [1.807, 2.05) is 0 Å². The Labute approximate surface area is 97.4 Å². The molecule has 1 aromatic rings. The van der Waals surface area contributed by atoms with E-state index in [2.05, 4.69) is 0 Å². The van der Waals surface area contributed by atoms with Crippen LogP contribution in [-0.2, 0) is 16.0 Å². The quantitative estimate of drug-likeness (QED) is 0.907. The first-order chi connectivity index (χ1) is 7.59. The summed E-state index contributed by atoms with van der Waals surface area (Å²) in [6.45, 7) is 0. The van der Waals surface area contributed by atoms with Crippen LogP contribution in [0.4, 0.5) is 13.2 Å². The predicted octanol–water partition coefficient (Wildman–Crippen LogP) is 1.75. The second-order valence-corrected chi connectivity index (χ2v) is 6.01. The average molecular weight is 267 g/mol. The molecule has 0 aliphatic rings. The van der Waals surface area contributed by atoms with Gasteiger partial charge in [-0.3, -0.25) is 0 Å². The van der Waals surface area contributed by atoms with Gasteiger partial charge in [0.1, 0.15) is 9.84 Å². The van der Waals surface area contributed by atoms with Gasteiger partial charge in [0.15, 0.2) is 0 Å². The molecule has 0 saturated carbocycles. The SMILES string of the molecule is CS(=O)(=O)C[C@@H](N)c1cccc(C(F)(F)F)c1. The third kappa shape index (κ3) is 4.35. The van der Waals surface area contributed by atoms with Crippen molar-refractivity contribution in [3.8, 4) is 0 Å². The van der Waals surface area contributed by atoms with Crippen molar-refractivity contribution in [1.82, 2.24) is 0 Å². The lowest BCUT2D eigenvalue weighted by molar-refractivity contribution is -0.137. The number of hydrogen-bond acceptors (Lipinski definition) is 3. The van der Waals surface area contributed by atoms with E-state index in [9.17, 15) is 21.6 Å². The molecular formula is C10H12F3NO2S. The van der Waals surface area contributed by atoms with Crippen LogP contribution in [-0.4, -0.2) is 20.4 Å². The van der Waals surface area contributed by atoms with Crippen molar-refractivity contribution < 1.29 is 21.6 Å². The lowest BCUT2D eigenvalue weighted by atomic mass is 10.1. The highest BCUT2D eigenvalue weighted by Gasteiger charge is 2.30. The minimum atomic E-state index is -4.46.